The van der Waals surface area contributed by atoms with Gasteiger partial charge in [0.05, 0.1) is 4.90 Å². The Morgan fingerprint density at radius 2 is 2.00 bits per heavy atom. The molecule has 0 saturated carbocycles. The molecule has 8 heteroatoms. The van der Waals surface area contributed by atoms with Gasteiger partial charge in [0.1, 0.15) is 5.01 Å². The van der Waals surface area contributed by atoms with Gasteiger partial charge in [-0.25, -0.2) is 13.4 Å². The molecule has 2 N–H and O–H groups in total. The average molecular weight is 414 g/mol. The molecule has 0 atom stereocenters. The molecule has 1 heterocycles. The van der Waals surface area contributed by atoms with Crippen molar-refractivity contribution in [2.75, 3.05) is 11.3 Å². The lowest BCUT2D eigenvalue weighted by Crippen LogP contribution is -2.23. The summed E-state index contributed by atoms with van der Waals surface area (Å²) in [6.07, 6.45) is 1.55. The molecule has 2 aromatic carbocycles. The van der Waals surface area contributed by atoms with Crippen molar-refractivity contribution in [2.45, 2.75) is 11.8 Å². The van der Waals surface area contributed by atoms with Crippen LogP contribution in [0.25, 0.3) is 10.6 Å². The second kappa shape index (κ2) is 8.37. The van der Waals surface area contributed by atoms with E-state index in [1.54, 1.807) is 30.3 Å². The zero-order valence-corrected chi connectivity index (χ0v) is 16.8. The maximum absolute atomic E-state index is 12.8. The maximum Gasteiger partial charge on any atom is 0.261 e. The van der Waals surface area contributed by atoms with Gasteiger partial charge in [0.15, 0.2) is 0 Å². The first-order chi connectivity index (χ1) is 13.4. The number of anilines is 1. The lowest BCUT2D eigenvalue weighted by Gasteiger charge is -2.10. The van der Waals surface area contributed by atoms with Crippen LogP contribution in [0.4, 0.5) is 5.69 Å². The Labute approximate surface area is 168 Å². The molecule has 0 aliphatic carbocycles. The molecule has 28 heavy (non-hydrogen) atoms. The summed E-state index contributed by atoms with van der Waals surface area (Å²) in [6, 6.07) is 12.9. The molecular formula is C20H19N3O3S2. The zero-order chi connectivity index (χ0) is 20.1. The second-order valence-electron chi connectivity index (χ2n) is 6.01. The van der Waals surface area contributed by atoms with Crippen LogP contribution in [0.5, 0.6) is 0 Å². The molecule has 0 aliphatic rings. The van der Waals surface area contributed by atoms with E-state index in [9.17, 15) is 13.2 Å². The Balaban J connectivity index is 1.84. The van der Waals surface area contributed by atoms with Crippen molar-refractivity contribution in [1.29, 1.82) is 0 Å². The van der Waals surface area contributed by atoms with E-state index in [0.29, 0.717) is 12.2 Å². The molecule has 6 nitrogen and oxygen atoms in total. The highest BCUT2D eigenvalue weighted by Crippen LogP contribution is 2.27. The van der Waals surface area contributed by atoms with Crippen molar-refractivity contribution in [2.24, 2.45) is 0 Å². The number of benzene rings is 2. The number of hydrogen-bond donors (Lipinski definition) is 2. The maximum atomic E-state index is 12.8. The fraction of sp³-hybridized carbons (Fsp3) is 0.100. The second-order valence-corrected chi connectivity index (χ2v) is 8.55. The van der Waals surface area contributed by atoms with Gasteiger partial charge in [0.25, 0.3) is 15.9 Å². The fourth-order valence-electron chi connectivity index (χ4n) is 2.49. The zero-order valence-electron chi connectivity index (χ0n) is 15.2. The number of amides is 1. The molecule has 0 unspecified atom stereocenters. The first-order valence-corrected chi connectivity index (χ1v) is 10.8. The van der Waals surface area contributed by atoms with Gasteiger partial charge in [0, 0.05) is 34.4 Å². The van der Waals surface area contributed by atoms with E-state index in [2.05, 4.69) is 21.6 Å². The Kier molecular flexibility index (Phi) is 5.91. The van der Waals surface area contributed by atoms with Gasteiger partial charge in [0.2, 0.25) is 0 Å². The van der Waals surface area contributed by atoms with Gasteiger partial charge in [-0.1, -0.05) is 24.3 Å². The smallest absolute Gasteiger partial charge is 0.261 e. The van der Waals surface area contributed by atoms with Crippen LogP contribution in [-0.4, -0.2) is 25.9 Å². The fourth-order valence-corrected chi connectivity index (χ4v) is 4.38. The Bertz CT molecular complexity index is 1120. The predicted octanol–water partition coefficient (Wildman–Crippen LogP) is 3.84. The number of nitrogens with zero attached hydrogens (tertiary/aromatic N) is 1. The molecule has 0 saturated heterocycles. The van der Waals surface area contributed by atoms with Gasteiger partial charge in [-0.2, -0.15) is 0 Å². The summed E-state index contributed by atoms with van der Waals surface area (Å²) in [7, 11) is -3.85. The normalized spacial score (nSPS) is 11.0. The number of carbonyl (C=O) groups is 1. The third-order valence-electron chi connectivity index (χ3n) is 3.79. The van der Waals surface area contributed by atoms with Crippen molar-refractivity contribution in [3.05, 3.63) is 77.8 Å². The van der Waals surface area contributed by atoms with Gasteiger partial charge in [-0.05, 0) is 37.3 Å². The van der Waals surface area contributed by atoms with Crippen LogP contribution in [0.3, 0.4) is 0 Å². The number of aryl methyl sites for hydroxylation is 1. The number of thiazole rings is 1. The highest BCUT2D eigenvalue weighted by atomic mass is 32.2. The van der Waals surface area contributed by atoms with Crippen molar-refractivity contribution in [3.63, 3.8) is 0 Å². The van der Waals surface area contributed by atoms with Gasteiger partial charge in [-0.3, -0.25) is 9.52 Å². The number of hydrogen-bond acceptors (Lipinski definition) is 5. The molecule has 0 fully saturated rings. The van der Waals surface area contributed by atoms with Crippen LogP contribution in [-0.2, 0) is 10.0 Å². The van der Waals surface area contributed by atoms with Crippen LogP contribution < -0.4 is 10.0 Å². The molecule has 1 aromatic heterocycles. The van der Waals surface area contributed by atoms with E-state index in [4.69, 9.17) is 0 Å². The topological polar surface area (TPSA) is 88.2 Å². The van der Waals surface area contributed by atoms with Crippen LogP contribution in [0, 0.1) is 6.92 Å². The van der Waals surface area contributed by atoms with Crippen LogP contribution in [0.2, 0.25) is 0 Å². The average Bonchev–Trinajstić information content (AvgIpc) is 3.12. The quantitative estimate of drug-likeness (QED) is 0.576. The van der Waals surface area contributed by atoms with Crippen molar-refractivity contribution in [3.8, 4) is 10.6 Å². The molecule has 144 valence electrons. The largest absolute Gasteiger partial charge is 0.349 e. The molecule has 1 amide bonds. The van der Waals surface area contributed by atoms with Crippen molar-refractivity contribution < 1.29 is 13.2 Å². The van der Waals surface area contributed by atoms with Crippen molar-refractivity contribution >= 4 is 33.0 Å². The summed E-state index contributed by atoms with van der Waals surface area (Å²) >= 11 is 1.50. The lowest BCUT2D eigenvalue weighted by molar-refractivity contribution is 0.0958. The Morgan fingerprint density at radius 3 is 2.71 bits per heavy atom. The van der Waals surface area contributed by atoms with Gasteiger partial charge >= 0.3 is 0 Å². The Morgan fingerprint density at radius 1 is 1.21 bits per heavy atom. The van der Waals surface area contributed by atoms with Crippen LogP contribution in [0.15, 0.2) is 71.5 Å². The van der Waals surface area contributed by atoms with Crippen LogP contribution in [0.1, 0.15) is 16.1 Å². The summed E-state index contributed by atoms with van der Waals surface area (Å²) in [5.41, 5.74) is 2.43. The molecule has 0 aliphatic heterocycles. The number of aromatic nitrogens is 1. The minimum absolute atomic E-state index is 0.00856. The van der Waals surface area contributed by atoms with Gasteiger partial charge in [-0.15, -0.1) is 17.9 Å². The van der Waals surface area contributed by atoms with E-state index >= 15 is 0 Å². The monoisotopic (exact) mass is 413 g/mol. The summed E-state index contributed by atoms with van der Waals surface area (Å²) in [5, 5.41) is 5.39. The van der Waals surface area contributed by atoms with E-state index in [0.717, 1.165) is 16.3 Å². The van der Waals surface area contributed by atoms with E-state index in [1.165, 1.54) is 29.5 Å². The first kappa shape index (κ1) is 19.8. The third kappa shape index (κ3) is 4.65. The Hall–Kier alpha value is -2.97. The van der Waals surface area contributed by atoms with E-state index < -0.39 is 10.0 Å². The van der Waals surface area contributed by atoms with Gasteiger partial charge < -0.3 is 5.32 Å². The number of sulfonamides is 1. The minimum Gasteiger partial charge on any atom is -0.349 e. The summed E-state index contributed by atoms with van der Waals surface area (Å²) < 4.78 is 28.1. The molecule has 3 rings (SSSR count). The molecule has 0 spiro atoms. The summed E-state index contributed by atoms with van der Waals surface area (Å²) in [4.78, 5) is 16.5. The van der Waals surface area contributed by atoms with E-state index in [1.807, 2.05) is 18.4 Å². The van der Waals surface area contributed by atoms with E-state index in [-0.39, 0.29) is 16.4 Å². The molecule has 0 radical (unpaired) electrons. The number of rotatable bonds is 7. The summed E-state index contributed by atoms with van der Waals surface area (Å²) in [6.45, 7) is 5.75. The van der Waals surface area contributed by atoms with Crippen molar-refractivity contribution in [1.82, 2.24) is 10.3 Å². The highest BCUT2D eigenvalue weighted by molar-refractivity contribution is 7.92. The van der Waals surface area contributed by atoms with Crippen LogP contribution >= 0.6 is 11.3 Å². The minimum atomic E-state index is -3.85. The molecule has 0 bridgehead atoms. The molecule has 3 aromatic rings. The first-order valence-electron chi connectivity index (χ1n) is 8.43. The third-order valence-corrected chi connectivity index (χ3v) is 6.18. The number of nitrogens with one attached hydrogen (secondary N) is 2. The number of carbonyl (C=O) groups excluding carboxylic acids is 1. The lowest BCUT2D eigenvalue weighted by atomic mass is 10.2. The predicted molar refractivity (Wildman–Crippen MR) is 112 cm³/mol. The SMILES string of the molecule is C=CCNC(=O)c1cccc(S(=O)(=O)Nc2cccc(-c3nc(C)cs3)c2)c1. The molecular weight excluding hydrogens is 394 g/mol. The standard InChI is InChI=1S/C20H19N3O3S2/c1-3-10-21-19(24)15-6-5-9-18(12-15)28(25,26)23-17-8-4-7-16(11-17)20-22-14(2)13-27-20/h3-9,11-13,23H,1,10H2,2H3,(H,21,24). The highest BCUT2D eigenvalue weighted by Gasteiger charge is 2.17. The summed E-state index contributed by atoms with van der Waals surface area (Å²) in [5.74, 6) is -0.363.